The fraction of sp³-hybridized carbons (Fsp3) is 1.00. The highest BCUT2D eigenvalue weighted by atomic mass is 16.3. The van der Waals surface area contributed by atoms with Gasteiger partial charge in [-0.3, -0.25) is 0 Å². The zero-order valence-electron chi connectivity index (χ0n) is 14.7. The Balaban J connectivity index is 1.72. The molecule has 0 aliphatic heterocycles. The third-order valence-corrected chi connectivity index (χ3v) is 8.89. The van der Waals surface area contributed by atoms with Gasteiger partial charge in [-0.25, -0.2) is 0 Å². The Morgan fingerprint density at radius 2 is 1.73 bits per heavy atom. The molecule has 0 aromatic heterocycles. The number of aliphatic hydroxyl groups excluding tert-OH is 1. The van der Waals surface area contributed by atoms with Crippen molar-refractivity contribution in [3.05, 3.63) is 0 Å². The molecule has 1 spiro atoms. The van der Waals surface area contributed by atoms with Crippen molar-refractivity contribution in [3.63, 3.8) is 0 Å². The van der Waals surface area contributed by atoms with Crippen molar-refractivity contribution < 1.29 is 10.2 Å². The van der Waals surface area contributed by atoms with E-state index < -0.39 is 5.60 Å². The first-order chi connectivity index (χ1) is 10.3. The third kappa shape index (κ3) is 1.80. The summed E-state index contributed by atoms with van der Waals surface area (Å²) in [5.41, 5.74) is 0.504. The second-order valence-electron chi connectivity index (χ2n) is 10.3. The van der Waals surface area contributed by atoms with Gasteiger partial charge >= 0.3 is 0 Å². The van der Waals surface area contributed by atoms with Gasteiger partial charge in [-0.2, -0.15) is 0 Å². The summed E-state index contributed by atoms with van der Waals surface area (Å²) in [5, 5.41) is 20.7. The Hall–Kier alpha value is -0.0800. The summed E-state index contributed by atoms with van der Waals surface area (Å²) in [5.74, 6) is 1.98. The molecule has 4 aliphatic rings. The van der Waals surface area contributed by atoms with Gasteiger partial charge in [-0.15, -0.1) is 0 Å². The Bertz CT molecular complexity index is 472. The highest BCUT2D eigenvalue weighted by Gasteiger charge is 2.66. The molecule has 4 saturated carbocycles. The third-order valence-electron chi connectivity index (χ3n) is 8.89. The SMILES string of the molecule is CC1(C)CCC[C@@]2(C)[C@@H]1CC[C@]13C[C@H](CC[C@H]12)[C@@](O)(CO)C3. The van der Waals surface area contributed by atoms with Crippen molar-refractivity contribution in [1.82, 2.24) is 0 Å². The maximum Gasteiger partial charge on any atom is 0.0910 e. The molecular formula is C20H34O2. The van der Waals surface area contributed by atoms with Crippen LogP contribution in [0, 0.1) is 34.0 Å². The maximum absolute atomic E-state index is 10.9. The Morgan fingerprint density at radius 3 is 2.45 bits per heavy atom. The van der Waals surface area contributed by atoms with Gasteiger partial charge < -0.3 is 10.2 Å². The molecule has 0 heterocycles. The number of fused-ring (bicyclic) bond motifs is 3. The van der Waals surface area contributed by atoms with E-state index in [0.29, 0.717) is 22.2 Å². The van der Waals surface area contributed by atoms with Crippen LogP contribution in [-0.2, 0) is 0 Å². The van der Waals surface area contributed by atoms with E-state index in [9.17, 15) is 10.2 Å². The number of rotatable bonds is 1. The van der Waals surface area contributed by atoms with Gasteiger partial charge in [-0.05, 0) is 85.4 Å². The van der Waals surface area contributed by atoms with Gasteiger partial charge in [0, 0.05) is 0 Å². The maximum atomic E-state index is 10.9. The Labute approximate surface area is 135 Å². The van der Waals surface area contributed by atoms with Crippen LogP contribution in [0.25, 0.3) is 0 Å². The monoisotopic (exact) mass is 306 g/mol. The summed E-state index contributed by atoms with van der Waals surface area (Å²) in [6, 6.07) is 0. The molecular weight excluding hydrogens is 272 g/mol. The molecule has 2 N–H and O–H groups in total. The summed E-state index contributed by atoms with van der Waals surface area (Å²) < 4.78 is 0. The first-order valence-electron chi connectivity index (χ1n) is 9.59. The van der Waals surface area contributed by atoms with Crippen molar-refractivity contribution in [2.45, 2.75) is 84.2 Å². The largest absolute Gasteiger partial charge is 0.393 e. The van der Waals surface area contributed by atoms with Crippen molar-refractivity contribution in [2.75, 3.05) is 6.61 Å². The minimum Gasteiger partial charge on any atom is -0.393 e. The lowest BCUT2D eigenvalue weighted by Crippen LogP contribution is -2.55. The first-order valence-corrected chi connectivity index (χ1v) is 9.59. The molecule has 0 aromatic carbocycles. The van der Waals surface area contributed by atoms with E-state index in [1.165, 1.54) is 44.9 Å². The van der Waals surface area contributed by atoms with Gasteiger partial charge in [0.05, 0.1) is 12.2 Å². The van der Waals surface area contributed by atoms with E-state index in [-0.39, 0.29) is 6.61 Å². The van der Waals surface area contributed by atoms with E-state index >= 15 is 0 Å². The lowest BCUT2D eigenvalue weighted by molar-refractivity contribution is -0.145. The molecule has 4 fully saturated rings. The van der Waals surface area contributed by atoms with E-state index in [1.54, 1.807) is 0 Å². The van der Waals surface area contributed by atoms with Crippen molar-refractivity contribution in [2.24, 2.45) is 34.0 Å². The van der Waals surface area contributed by atoms with Crippen LogP contribution >= 0.6 is 0 Å². The molecule has 2 nitrogen and oxygen atoms in total. The number of aliphatic hydroxyl groups is 2. The summed E-state index contributed by atoms with van der Waals surface area (Å²) >= 11 is 0. The van der Waals surface area contributed by atoms with Crippen LogP contribution in [0.3, 0.4) is 0 Å². The van der Waals surface area contributed by atoms with Gasteiger partial charge in [-0.1, -0.05) is 27.2 Å². The van der Waals surface area contributed by atoms with Crippen LogP contribution in [0.15, 0.2) is 0 Å². The standard InChI is InChI=1S/C20H34O2/c1-17(2)8-4-9-18(3)15(17)7-10-19-11-14(5-6-16(18)19)20(22,12-19)13-21/h14-16,21-22H,4-13H2,1-3H3/t14-,15+,16-,18-,19+,20-/m0/s1. The zero-order chi connectivity index (χ0) is 15.8. The predicted octanol–water partition coefficient (Wildman–Crippen LogP) is 4.14. The van der Waals surface area contributed by atoms with Crippen molar-refractivity contribution in [1.29, 1.82) is 0 Å². The molecule has 0 saturated heterocycles. The van der Waals surface area contributed by atoms with Gasteiger partial charge in [0.15, 0.2) is 0 Å². The molecule has 6 atom stereocenters. The highest BCUT2D eigenvalue weighted by Crippen LogP contribution is 2.72. The fourth-order valence-electron chi connectivity index (χ4n) is 8.13. The zero-order valence-corrected chi connectivity index (χ0v) is 14.7. The molecule has 0 amide bonds. The van der Waals surface area contributed by atoms with Crippen molar-refractivity contribution >= 4 is 0 Å². The smallest absolute Gasteiger partial charge is 0.0910 e. The van der Waals surface area contributed by atoms with Crippen LogP contribution in [-0.4, -0.2) is 22.4 Å². The molecule has 2 bridgehead atoms. The molecule has 0 radical (unpaired) electrons. The van der Waals surface area contributed by atoms with Crippen LogP contribution in [0.4, 0.5) is 0 Å². The normalized spacial score (nSPS) is 56.3. The lowest BCUT2D eigenvalue weighted by Gasteiger charge is -2.64. The second-order valence-corrected chi connectivity index (χ2v) is 10.3. The predicted molar refractivity (Wildman–Crippen MR) is 88.4 cm³/mol. The Morgan fingerprint density at radius 1 is 0.955 bits per heavy atom. The van der Waals surface area contributed by atoms with E-state index in [2.05, 4.69) is 20.8 Å². The molecule has 126 valence electrons. The fourth-order valence-corrected chi connectivity index (χ4v) is 8.13. The summed E-state index contributed by atoms with van der Waals surface area (Å²) in [6.07, 6.45) is 11.2. The van der Waals surface area contributed by atoms with E-state index in [4.69, 9.17) is 0 Å². The minimum atomic E-state index is -0.776. The topological polar surface area (TPSA) is 40.5 Å². The van der Waals surface area contributed by atoms with E-state index in [1.807, 2.05) is 0 Å². The minimum absolute atomic E-state index is 0.0300. The lowest BCUT2D eigenvalue weighted by atomic mass is 9.41. The van der Waals surface area contributed by atoms with Crippen LogP contribution in [0.2, 0.25) is 0 Å². The number of hydrogen-bond donors (Lipinski definition) is 2. The van der Waals surface area contributed by atoms with Gasteiger partial charge in [0.25, 0.3) is 0 Å². The first kappa shape index (κ1) is 15.4. The van der Waals surface area contributed by atoms with Crippen molar-refractivity contribution in [3.8, 4) is 0 Å². The van der Waals surface area contributed by atoms with E-state index in [0.717, 1.165) is 24.7 Å². The van der Waals surface area contributed by atoms with Crippen LogP contribution in [0.1, 0.15) is 78.6 Å². The average molecular weight is 306 g/mol. The molecule has 0 aromatic rings. The molecule has 4 aliphatic carbocycles. The average Bonchev–Trinajstić information content (AvgIpc) is 2.65. The van der Waals surface area contributed by atoms with Gasteiger partial charge in [0.1, 0.15) is 0 Å². The summed E-state index contributed by atoms with van der Waals surface area (Å²) in [6.45, 7) is 7.55. The Kier molecular flexibility index (Phi) is 3.16. The summed E-state index contributed by atoms with van der Waals surface area (Å²) in [4.78, 5) is 0. The quantitative estimate of drug-likeness (QED) is 0.764. The highest BCUT2D eigenvalue weighted by molar-refractivity contribution is 5.16. The van der Waals surface area contributed by atoms with Crippen LogP contribution < -0.4 is 0 Å². The molecule has 0 unspecified atom stereocenters. The molecule has 22 heavy (non-hydrogen) atoms. The van der Waals surface area contributed by atoms with Crippen LogP contribution in [0.5, 0.6) is 0 Å². The second kappa shape index (κ2) is 4.51. The number of hydrogen-bond acceptors (Lipinski definition) is 2. The molecule has 4 rings (SSSR count). The summed E-state index contributed by atoms with van der Waals surface area (Å²) in [7, 11) is 0. The molecule has 2 heteroatoms. The van der Waals surface area contributed by atoms with Gasteiger partial charge in [0.2, 0.25) is 0 Å².